The molecule has 2 aliphatic rings. The second-order valence-electron chi connectivity index (χ2n) is 7.04. The third-order valence-electron chi connectivity index (χ3n) is 5.75. The molecule has 0 radical (unpaired) electrons. The Morgan fingerprint density at radius 3 is 2.48 bits per heavy atom. The van der Waals surface area contributed by atoms with Gasteiger partial charge in [-0.15, -0.1) is 0 Å². The Hall–Kier alpha value is -2.19. The van der Waals surface area contributed by atoms with Gasteiger partial charge in [0, 0.05) is 23.7 Å². The Kier molecular flexibility index (Phi) is 4.55. The van der Waals surface area contributed by atoms with Crippen LogP contribution < -0.4 is 30.7 Å². The van der Waals surface area contributed by atoms with Crippen molar-refractivity contribution in [1.29, 1.82) is 0 Å². The van der Waals surface area contributed by atoms with E-state index in [1.807, 2.05) is 42.5 Å². The predicted molar refractivity (Wildman–Crippen MR) is 103 cm³/mol. The largest absolute Gasteiger partial charge is 0.798 e. The lowest BCUT2D eigenvalue weighted by atomic mass is 9.73. The third-order valence-corrected chi connectivity index (χ3v) is 5.96. The van der Waals surface area contributed by atoms with Crippen LogP contribution in [0.3, 0.4) is 0 Å². The number of methoxy groups -OCH3 is 2. The van der Waals surface area contributed by atoms with Crippen molar-refractivity contribution in [3.05, 3.63) is 59.2 Å². The molecular weight excluding hydrogens is 362 g/mol. The van der Waals surface area contributed by atoms with E-state index in [0.29, 0.717) is 5.01 Å². The maximum Gasteiger partial charge on any atom is 0.284 e. The molecule has 0 aromatic heterocycles. The molecule has 1 saturated heterocycles. The van der Waals surface area contributed by atoms with Crippen molar-refractivity contribution in [3.8, 4) is 11.5 Å². The molecule has 1 aliphatic heterocycles. The number of aryl methyl sites for hydroxylation is 1. The zero-order valence-electron chi connectivity index (χ0n) is 15.3. The Labute approximate surface area is 163 Å². The van der Waals surface area contributed by atoms with E-state index in [0.717, 1.165) is 41.0 Å². The highest BCUT2D eigenvalue weighted by Gasteiger charge is 2.55. The fourth-order valence-corrected chi connectivity index (χ4v) is 4.66. The third kappa shape index (κ3) is 2.78. The van der Waals surface area contributed by atoms with Gasteiger partial charge < -0.3 is 20.3 Å². The number of thiocarbonyl (C=S) groups is 1. The summed E-state index contributed by atoms with van der Waals surface area (Å²) in [6.07, 6.45) is 1.57. The van der Waals surface area contributed by atoms with Crippen LogP contribution in [-0.4, -0.2) is 19.3 Å². The fraction of sp³-hybridized carbons (Fsp3) is 0.350. The van der Waals surface area contributed by atoms with Crippen molar-refractivity contribution in [1.82, 2.24) is 5.43 Å². The second kappa shape index (κ2) is 6.76. The number of quaternary nitrogens is 1. The van der Waals surface area contributed by atoms with Crippen LogP contribution in [0.15, 0.2) is 42.5 Å². The van der Waals surface area contributed by atoms with Gasteiger partial charge in [-0.05, 0) is 48.2 Å². The molecule has 0 spiro atoms. The topological polar surface area (TPSA) is 84.0 Å². The number of hydrogen-bond acceptors (Lipinski definition) is 5. The van der Waals surface area contributed by atoms with E-state index in [9.17, 15) is 5.11 Å². The minimum absolute atomic E-state index is 0.134. The highest BCUT2D eigenvalue weighted by molar-refractivity contribution is 7.79. The first-order chi connectivity index (χ1) is 13.0. The number of hydrogen-bond donors (Lipinski definition) is 3. The lowest BCUT2D eigenvalue weighted by Gasteiger charge is -2.46. The first kappa shape index (κ1) is 18.2. The molecule has 0 bridgehead atoms. The summed E-state index contributed by atoms with van der Waals surface area (Å²) in [5.41, 5.74) is 10.6. The van der Waals surface area contributed by atoms with E-state index >= 15 is 0 Å². The average molecular weight is 385 g/mol. The summed E-state index contributed by atoms with van der Waals surface area (Å²) in [7, 11) is 3.26. The zero-order valence-corrected chi connectivity index (χ0v) is 16.1. The molecule has 0 saturated carbocycles. The molecule has 4 unspecified atom stereocenters. The molecule has 7 heteroatoms. The van der Waals surface area contributed by atoms with Crippen LogP contribution in [0, 0.1) is 5.92 Å². The van der Waals surface area contributed by atoms with Crippen molar-refractivity contribution in [2.24, 2.45) is 11.7 Å². The molecule has 2 aromatic rings. The van der Waals surface area contributed by atoms with E-state index in [2.05, 4.69) is 5.43 Å². The van der Waals surface area contributed by atoms with Crippen molar-refractivity contribution in [2.75, 3.05) is 14.2 Å². The van der Waals surface area contributed by atoms with Gasteiger partial charge in [0.2, 0.25) is 0 Å². The van der Waals surface area contributed by atoms with Crippen LogP contribution in [0.1, 0.15) is 29.2 Å². The van der Waals surface area contributed by atoms with Crippen molar-refractivity contribution >= 4 is 17.3 Å². The molecule has 2 aromatic carbocycles. The molecule has 4 rings (SSSR count). The summed E-state index contributed by atoms with van der Waals surface area (Å²) in [6, 6.07) is 13.3. The first-order valence-electron chi connectivity index (χ1n) is 8.94. The predicted octanol–water partition coefficient (Wildman–Crippen LogP) is 0.167. The lowest BCUT2D eigenvalue weighted by molar-refractivity contribution is -0.998. The molecule has 1 aliphatic carbocycles. The Bertz CT molecular complexity index is 873. The van der Waals surface area contributed by atoms with Gasteiger partial charge in [-0.2, -0.15) is 5.43 Å². The van der Waals surface area contributed by atoms with E-state index in [-0.39, 0.29) is 17.1 Å². The number of benzene rings is 2. The van der Waals surface area contributed by atoms with Crippen LogP contribution in [0.25, 0.3) is 0 Å². The number of nitrogens with two attached hydrogens (primary N) is 1. The standard InChI is InChI=1S/C20H22N3O3S/c1-25-14-6-3-12(4-7-14)18-17-9-5-13-11-15(26-2)8-10-16(13)20(17,24)23(22-18)19(21)27/h3-4,6-8,10-11,17-18,22H,5,9H2,1-2H3,(H2,21,27)/q-1/p+1. The van der Waals surface area contributed by atoms with Gasteiger partial charge in [0.25, 0.3) is 5.11 Å². The number of rotatable bonds is 3. The quantitative estimate of drug-likeness (QED) is 0.653. The van der Waals surface area contributed by atoms with Gasteiger partial charge in [-0.1, -0.05) is 18.2 Å². The summed E-state index contributed by atoms with van der Waals surface area (Å²) < 4.78 is 10.6. The first-order valence-corrected chi connectivity index (χ1v) is 9.35. The molecule has 4 atom stereocenters. The van der Waals surface area contributed by atoms with E-state index in [4.69, 9.17) is 27.4 Å². The minimum Gasteiger partial charge on any atom is -0.798 e. The normalized spacial score (nSPS) is 28.9. The Morgan fingerprint density at radius 1 is 1.19 bits per heavy atom. The summed E-state index contributed by atoms with van der Waals surface area (Å²) in [4.78, 5) is 0. The highest BCUT2D eigenvalue weighted by atomic mass is 32.1. The van der Waals surface area contributed by atoms with Gasteiger partial charge in [0.15, 0.2) is 0 Å². The van der Waals surface area contributed by atoms with E-state index in [1.54, 1.807) is 14.2 Å². The minimum atomic E-state index is -1.48. The van der Waals surface area contributed by atoms with Gasteiger partial charge in [-0.3, -0.25) is 0 Å². The molecule has 6 nitrogen and oxygen atoms in total. The second-order valence-corrected chi connectivity index (χ2v) is 7.48. The van der Waals surface area contributed by atoms with E-state index < -0.39 is 5.72 Å². The summed E-state index contributed by atoms with van der Waals surface area (Å²) in [5.74, 6) is 1.36. The zero-order chi connectivity index (χ0) is 19.2. The van der Waals surface area contributed by atoms with Crippen LogP contribution in [0.2, 0.25) is 0 Å². The molecule has 1 heterocycles. The number of nitrogens with one attached hydrogen (secondary N) is 2. The summed E-state index contributed by atoms with van der Waals surface area (Å²) in [5, 5.41) is 14.8. The van der Waals surface area contributed by atoms with Gasteiger partial charge >= 0.3 is 0 Å². The molecular formula is C20H23N3O3S. The van der Waals surface area contributed by atoms with Crippen LogP contribution in [0.4, 0.5) is 0 Å². The number of fused-ring (bicyclic) bond motifs is 3. The summed E-state index contributed by atoms with van der Waals surface area (Å²) >= 11 is 5.25. The Balaban J connectivity index is 1.79. The number of ether oxygens (including phenoxy) is 2. The summed E-state index contributed by atoms with van der Waals surface area (Å²) in [6.45, 7) is 0. The van der Waals surface area contributed by atoms with Crippen LogP contribution >= 0.6 is 12.2 Å². The maximum atomic E-state index is 14.3. The SMILES string of the molecule is COc1ccc(C2N[NH+](C(N)=S)C3([O-])c4ccc(OC)cc4CCC23)cc1. The highest BCUT2D eigenvalue weighted by Crippen LogP contribution is 2.44. The maximum absolute atomic E-state index is 14.3. The van der Waals surface area contributed by atoms with Crippen molar-refractivity contribution in [2.45, 2.75) is 24.6 Å². The van der Waals surface area contributed by atoms with Crippen LogP contribution in [-0.2, 0) is 12.1 Å². The molecule has 1 fully saturated rings. The Morgan fingerprint density at radius 2 is 1.85 bits per heavy atom. The monoisotopic (exact) mass is 385 g/mol. The van der Waals surface area contributed by atoms with Gasteiger partial charge in [0.1, 0.15) is 11.5 Å². The molecule has 0 amide bonds. The van der Waals surface area contributed by atoms with E-state index in [1.165, 1.54) is 0 Å². The van der Waals surface area contributed by atoms with Crippen molar-refractivity contribution < 1.29 is 19.6 Å². The van der Waals surface area contributed by atoms with Crippen LogP contribution in [0.5, 0.6) is 11.5 Å². The lowest BCUT2D eigenvalue weighted by Crippen LogP contribution is -3.27. The molecule has 142 valence electrons. The van der Waals surface area contributed by atoms with Gasteiger partial charge in [0.05, 0.1) is 26.0 Å². The smallest absolute Gasteiger partial charge is 0.284 e. The van der Waals surface area contributed by atoms with Crippen molar-refractivity contribution in [3.63, 3.8) is 0 Å². The average Bonchev–Trinajstić information content (AvgIpc) is 3.01. The molecule has 27 heavy (non-hydrogen) atoms. The van der Waals surface area contributed by atoms with Gasteiger partial charge in [-0.25, -0.2) is 5.01 Å². The molecule has 4 N–H and O–H groups in total. The fourth-order valence-electron chi connectivity index (χ4n) is 4.45.